The fourth-order valence-corrected chi connectivity index (χ4v) is 3.00. The molecule has 2 unspecified atom stereocenters. The Morgan fingerprint density at radius 3 is 2.71 bits per heavy atom. The van der Waals surface area contributed by atoms with Crippen LogP contribution in [0.5, 0.6) is 0 Å². The Kier molecular flexibility index (Phi) is 4.15. The largest absolute Gasteiger partial charge is 0.461 e. The molecule has 2 fully saturated rings. The van der Waals surface area contributed by atoms with Gasteiger partial charge in [-0.25, -0.2) is 0 Å². The van der Waals surface area contributed by atoms with Crippen LogP contribution in [0.3, 0.4) is 0 Å². The highest BCUT2D eigenvalue weighted by Gasteiger charge is 2.36. The van der Waals surface area contributed by atoms with Gasteiger partial charge < -0.3 is 14.8 Å². The molecule has 0 bridgehead atoms. The van der Waals surface area contributed by atoms with Gasteiger partial charge in [0.1, 0.15) is 11.5 Å². The molecule has 114 valence electrons. The van der Waals surface area contributed by atoms with Crippen LogP contribution < -0.4 is 5.32 Å². The Hall–Kier alpha value is -1.55. The third-order valence-corrected chi connectivity index (χ3v) is 4.56. The molecule has 4 nitrogen and oxygen atoms in total. The van der Waals surface area contributed by atoms with Crippen molar-refractivity contribution < 1.29 is 14.3 Å². The van der Waals surface area contributed by atoms with Gasteiger partial charge in [-0.2, -0.15) is 0 Å². The van der Waals surface area contributed by atoms with Crippen molar-refractivity contribution in [2.24, 2.45) is 5.92 Å². The number of amides is 1. The Morgan fingerprint density at radius 2 is 2.05 bits per heavy atom. The van der Waals surface area contributed by atoms with Gasteiger partial charge >= 0.3 is 0 Å². The number of aliphatic hydroxyl groups excluding tert-OH is 1. The minimum Gasteiger partial charge on any atom is -0.461 e. The van der Waals surface area contributed by atoms with Crippen molar-refractivity contribution in [1.29, 1.82) is 0 Å². The van der Waals surface area contributed by atoms with E-state index in [4.69, 9.17) is 4.42 Å². The second-order valence-electron chi connectivity index (χ2n) is 6.41. The topological polar surface area (TPSA) is 62.5 Å². The lowest BCUT2D eigenvalue weighted by Crippen LogP contribution is -2.37. The van der Waals surface area contributed by atoms with E-state index in [0.29, 0.717) is 5.92 Å². The molecule has 0 saturated heterocycles. The van der Waals surface area contributed by atoms with Crippen LogP contribution in [0.25, 0.3) is 6.08 Å². The number of carbonyl (C=O) groups is 1. The average Bonchev–Trinajstić information content (AvgIpc) is 3.01. The molecule has 0 aliphatic heterocycles. The maximum absolute atomic E-state index is 11.9. The molecule has 1 aromatic rings. The van der Waals surface area contributed by atoms with Gasteiger partial charge in [-0.1, -0.05) is 6.92 Å². The molecule has 0 radical (unpaired) electrons. The van der Waals surface area contributed by atoms with Gasteiger partial charge in [0.15, 0.2) is 0 Å². The molecule has 3 rings (SSSR count). The summed E-state index contributed by atoms with van der Waals surface area (Å²) in [5, 5.41) is 12.4. The van der Waals surface area contributed by atoms with E-state index < -0.39 is 0 Å². The fraction of sp³-hybridized carbons (Fsp3) is 0.588. The summed E-state index contributed by atoms with van der Waals surface area (Å²) in [4.78, 5) is 11.9. The first-order chi connectivity index (χ1) is 10.1. The molecule has 2 aliphatic carbocycles. The number of nitrogens with one attached hydrogen (secondary N) is 1. The van der Waals surface area contributed by atoms with Crippen LogP contribution in [0.4, 0.5) is 0 Å². The SMILES string of the molecule is CC1CC1c1ccc(/C=C/C(=O)NC2CCC(O)CC2)o1. The normalized spacial score (nSPS) is 32.3. The van der Waals surface area contributed by atoms with E-state index in [0.717, 1.165) is 43.1 Å². The molecule has 1 amide bonds. The van der Waals surface area contributed by atoms with E-state index in [2.05, 4.69) is 12.2 Å². The van der Waals surface area contributed by atoms with Gasteiger partial charge in [-0.15, -0.1) is 0 Å². The van der Waals surface area contributed by atoms with Crippen LogP contribution in [-0.4, -0.2) is 23.2 Å². The van der Waals surface area contributed by atoms with Gasteiger partial charge in [0.2, 0.25) is 5.91 Å². The summed E-state index contributed by atoms with van der Waals surface area (Å²) in [6, 6.07) is 4.11. The smallest absolute Gasteiger partial charge is 0.244 e. The van der Waals surface area contributed by atoms with Gasteiger partial charge in [-0.3, -0.25) is 4.79 Å². The Morgan fingerprint density at radius 1 is 1.33 bits per heavy atom. The third kappa shape index (κ3) is 3.76. The zero-order valence-electron chi connectivity index (χ0n) is 12.4. The first-order valence-electron chi connectivity index (χ1n) is 7.88. The summed E-state index contributed by atoms with van der Waals surface area (Å²) in [7, 11) is 0. The second kappa shape index (κ2) is 6.06. The van der Waals surface area contributed by atoms with Crippen molar-refractivity contribution in [3.8, 4) is 0 Å². The first-order valence-corrected chi connectivity index (χ1v) is 7.88. The molecule has 2 aliphatic rings. The predicted molar refractivity (Wildman–Crippen MR) is 80.7 cm³/mol. The highest BCUT2D eigenvalue weighted by atomic mass is 16.3. The zero-order chi connectivity index (χ0) is 14.8. The lowest BCUT2D eigenvalue weighted by molar-refractivity contribution is -0.117. The molecule has 1 aromatic heterocycles. The second-order valence-corrected chi connectivity index (χ2v) is 6.41. The summed E-state index contributed by atoms with van der Waals surface area (Å²) in [6.07, 6.45) is 7.51. The fourth-order valence-electron chi connectivity index (χ4n) is 3.00. The van der Waals surface area contributed by atoms with Crippen molar-refractivity contribution in [1.82, 2.24) is 5.32 Å². The summed E-state index contributed by atoms with van der Waals surface area (Å²) >= 11 is 0. The average molecular weight is 289 g/mol. The summed E-state index contributed by atoms with van der Waals surface area (Å²) in [5.41, 5.74) is 0. The van der Waals surface area contributed by atoms with Gasteiger partial charge in [0, 0.05) is 18.0 Å². The molecule has 0 aromatic carbocycles. The van der Waals surface area contributed by atoms with Crippen molar-refractivity contribution in [2.75, 3.05) is 0 Å². The number of rotatable bonds is 4. The highest BCUT2D eigenvalue weighted by Crippen LogP contribution is 2.47. The summed E-state index contributed by atoms with van der Waals surface area (Å²) in [6.45, 7) is 2.22. The molecule has 1 heterocycles. The van der Waals surface area contributed by atoms with Crippen LogP contribution in [-0.2, 0) is 4.79 Å². The molecule has 4 heteroatoms. The molecular weight excluding hydrogens is 266 g/mol. The predicted octanol–water partition coefficient (Wildman–Crippen LogP) is 2.84. The van der Waals surface area contributed by atoms with E-state index in [-0.39, 0.29) is 18.1 Å². The summed E-state index contributed by atoms with van der Waals surface area (Å²) < 4.78 is 5.73. The van der Waals surface area contributed by atoms with E-state index in [9.17, 15) is 9.90 Å². The van der Waals surface area contributed by atoms with E-state index in [1.807, 2.05) is 12.1 Å². The van der Waals surface area contributed by atoms with E-state index in [1.165, 1.54) is 12.5 Å². The maximum Gasteiger partial charge on any atom is 0.244 e. The minimum atomic E-state index is -0.194. The zero-order valence-corrected chi connectivity index (χ0v) is 12.4. The van der Waals surface area contributed by atoms with E-state index >= 15 is 0 Å². The molecule has 2 N–H and O–H groups in total. The van der Waals surface area contributed by atoms with Crippen molar-refractivity contribution in [3.63, 3.8) is 0 Å². The number of hydrogen-bond donors (Lipinski definition) is 2. The van der Waals surface area contributed by atoms with Crippen LogP contribution in [0.1, 0.15) is 56.5 Å². The number of hydrogen-bond acceptors (Lipinski definition) is 3. The number of aliphatic hydroxyl groups is 1. The molecule has 0 spiro atoms. The van der Waals surface area contributed by atoms with Gasteiger partial charge in [0.05, 0.1) is 6.10 Å². The van der Waals surface area contributed by atoms with Gasteiger partial charge in [-0.05, 0) is 56.2 Å². The monoisotopic (exact) mass is 289 g/mol. The first kappa shape index (κ1) is 14.4. The van der Waals surface area contributed by atoms with Crippen molar-refractivity contribution in [2.45, 2.75) is 57.1 Å². The minimum absolute atomic E-state index is 0.0888. The quantitative estimate of drug-likeness (QED) is 0.838. The van der Waals surface area contributed by atoms with Crippen molar-refractivity contribution >= 4 is 12.0 Å². The third-order valence-electron chi connectivity index (χ3n) is 4.56. The molecular formula is C17H23NO3. The van der Waals surface area contributed by atoms with Crippen LogP contribution >= 0.6 is 0 Å². The summed E-state index contributed by atoms with van der Waals surface area (Å²) in [5.74, 6) is 2.96. The molecule has 2 atom stereocenters. The van der Waals surface area contributed by atoms with Gasteiger partial charge in [0.25, 0.3) is 0 Å². The molecule has 2 saturated carbocycles. The Balaban J connectivity index is 1.48. The Labute approximate surface area is 125 Å². The standard InChI is InChI=1S/C17H23NO3/c1-11-10-15(11)16-8-6-14(21-16)7-9-17(20)18-12-2-4-13(19)5-3-12/h6-9,11-13,15,19H,2-5,10H2,1H3,(H,18,20)/b9-7+. The number of furan rings is 1. The highest BCUT2D eigenvalue weighted by molar-refractivity contribution is 5.91. The van der Waals surface area contributed by atoms with Crippen LogP contribution in [0.2, 0.25) is 0 Å². The van der Waals surface area contributed by atoms with Crippen molar-refractivity contribution in [3.05, 3.63) is 29.7 Å². The maximum atomic E-state index is 11.9. The lowest BCUT2D eigenvalue weighted by Gasteiger charge is -2.25. The Bertz CT molecular complexity index is 526. The van der Waals surface area contributed by atoms with Crippen LogP contribution in [0.15, 0.2) is 22.6 Å². The van der Waals surface area contributed by atoms with Crippen LogP contribution in [0, 0.1) is 5.92 Å². The number of carbonyl (C=O) groups excluding carboxylic acids is 1. The van der Waals surface area contributed by atoms with E-state index in [1.54, 1.807) is 6.08 Å². The molecule has 21 heavy (non-hydrogen) atoms. The lowest BCUT2D eigenvalue weighted by atomic mass is 9.93.